The van der Waals surface area contributed by atoms with Crippen molar-refractivity contribution in [3.63, 3.8) is 0 Å². The third-order valence-corrected chi connectivity index (χ3v) is 7.48. The Morgan fingerprint density at radius 2 is 1.97 bits per heavy atom. The molecule has 0 unspecified atom stereocenters. The third-order valence-electron chi connectivity index (χ3n) is 7.48. The smallest absolute Gasteiger partial charge is 0.320 e. The molecule has 38 heavy (non-hydrogen) atoms. The maximum absolute atomic E-state index is 14.1. The molecule has 1 aromatic heterocycles. The standard InChI is InChI=1S/C28H34F2N6O2/c1-18-26(24-9-6-12-31-24)34-36(20-7-4-3-5-8-20)27(18)33-28(37)32-25-17-35(13-14-38-2)16-21(25)19-10-11-22(29)23(30)15-19/h3-5,7-8,10-11,15,21,24-25,31H,6,9,12-14,16-17H2,1-2H3,(H2,32,33,37)/t21-,24+,25+/m0/s1. The van der Waals surface area contributed by atoms with E-state index in [9.17, 15) is 13.6 Å². The predicted molar refractivity (Wildman–Crippen MR) is 142 cm³/mol. The number of nitrogens with zero attached hydrogens (tertiary/aromatic N) is 3. The number of anilines is 1. The largest absolute Gasteiger partial charge is 0.383 e. The highest BCUT2D eigenvalue weighted by Crippen LogP contribution is 2.32. The van der Waals surface area contributed by atoms with Crippen molar-refractivity contribution in [2.45, 2.75) is 37.8 Å². The van der Waals surface area contributed by atoms with Gasteiger partial charge >= 0.3 is 6.03 Å². The summed E-state index contributed by atoms with van der Waals surface area (Å²) in [4.78, 5) is 15.6. The van der Waals surface area contributed by atoms with Crippen LogP contribution in [-0.4, -0.2) is 66.6 Å². The number of hydrogen-bond acceptors (Lipinski definition) is 5. The molecule has 2 saturated heterocycles. The molecule has 5 rings (SSSR count). The van der Waals surface area contributed by atoms with Crippen molar-refractivity contribution in [2.24, 2.45) is 0 Å². The molecule has 0 aliphatic carbocycles. The maximum Gasteiger partial charge on any atom is 0.320 e. The van der Waals surface area contributed by atoms with Crippen molar-refractivity contribution in [1.82, 2.24) is 25.3 Å². The van der Waals surface area contributed by atoms with E-state index in [1.165, 1.54) is 6.07 Å². The molecule has 10 heteroatoms. The number of urea groups is 1. The van der Waals surface area contributed by atoms with Crippen LogP contribution in [0.25, 0.3) is 5.69 Å². The number of aromatic nitrogens is 2. The number of hydrogen-bond donors (Lipinski definition) is 3. The first-order chi connectivity index (χ1) is 18.4. The molecule has 3 aromatic rings. The van der Waals surface area contributed by atoms with Gasteiger partial charge in [-0.15, -0.1) is 0 Å². The van der Waals surface area contributed by atoms with Gasteiger partial charge in [0.1, 0.15) is 5.82 Å². The number of rotatable bonds is 8. The first-order valence-electron chi connectivity index (χ1n) is 13.1. The van der Waals surface area contributed by atoms with Crippen LogP contribution in [-0.2, 0) is 4.74 Å². The Kier molecular flexibility index (Phi) is 8.01. The Bertz CT molecular complexity index is 1260. The van der Waals surface area contributed by atoms with Gasteiger partial charge in [0, 0.05) is 38.2 Å². The summed E-state index contributed by atoms with van der Waals surface area (Å²) < 4.78 is 34.7. The Morgan fingerprint density at radius 3 is 2.68 bits per heavy atom. The van der Waals surface area contributed by atoms with E-state index in [2.05, 4.69) is 20.9 Å². The molecule has 2 amide bonds. The molecule has 2 aromatic carbocycles. The van der Waals surface area contributed by atoms with Gasteiger partial charge in [0.15, 0.2) is 11.6 Å². The van der Waals surface area contributed by atoms with Crippen molar-refractivity contribution in [3.05, 3.63) is 77.0 Å². The molecule has 2 aliphatic heterocycles. The minimum atomic E-state index is -0.892. The van der Waals surface area contributed by atoms with Crippen molar-refractivity contribution in [1.29, 1.82) is 0 Å². The fraction of sp³-hybridized carbons (Fsp3) is 0.429. The number of nitrogens with one attached hydrogen (secondary N) is 3. The van der Waals surface area contributed by atoms with Crippen molar-refractivity contribution < 1.29 is 18.3 Å². The average molecular weight is 525 g/mol. The SMILES string of the molecule is COCCN1C[C@@H](NC(=O)Nc2c(C)c([C@H]3CCCN3)nn2-c2ccccc2)[C@H](c2ccc(F)c(F)c2)C1. The first-order valence-corrected chi connectivity index (χ1v) is 13.1. The number of halogens is 2. The summed E-state index contributed by atoms with van der Waals surface area (Å²) in [7, 11) is 1.64. The van der Waals surface area contributed by atoms with Gasteiger partial charge in [-0.25, -0.2) is 18.3 Å². The van der Waals surface area contributed by atoms with Gasteiger partial charge in [-0.05, 0) is 56.1 Å². The number of ether oxygens (including phenoxy) is 1. The first kappa shape index (κ1) is 26.3. The van der Waals surface area contributed by atoms with Gasteiger partial charge < -0.3 is 15.4 Å². The van der Waals surface area contributed by atoms with E-state index in [1.807, 2.05) is 37.3 Å². The van der Waals surface area contributed by atoms with Crippen LogP contribution in [0.3, 0.4) is 0 Å². The topological polar surface area (TPSA) is 83.4 Å². The monoisotopic (exact) mass is 524 g/mol. The van der Waals surface area contributed by atoms with Crippen LogP contribution in [0.1, 0.15) is 41.6 Å². The Morgan fingerprint density at radius 1 is 1.16 bits per heavy atom. The fourth-order valence-electron chi connectivity index (χ4n) is 5.49. The van der Waals surface area contributed by atoms with E-state index in [0.29, 0.717) is 37.6 Å². The quantitative estimate of drug-likeness (QED) is 0.413. The minimum Gasteiger partial charge on any atom is -0.383 e. The fourth-order valence-corrected chi connectivity index (χ4v) is 5.49. The lowest BCUT2D eigenvalue weighted by Gasteiger charge is -2.21. The Hall–Kier alpha value is -3.34. The number of likely N-dealkylation sites (tertiary alicyclic amines) is 1. The molecular formula is C28H34F2N6O2. The molecule has 0 saturated carbocycles. The number of carbonyl (C=O) groups excluding carboxylic acids is 1. The number of amides is 2. The molecule has 2 fully saturated rings. The van der Waals surface area contributed by atoms with Crippen molar-refractivity contribution >= 4 is 11.8 Å². The highest BCUT2D eigenvalue weighted by molar-refractivity contribution is 5.90. The van der Waals surface area contributed by atoms with Crippen LogP contribution >= 0.6 is 0 Å². The van der Waals surface area contributed by atoms with E-state index in [0.717, 1.165) is 42.4 Å². The normalized spacial score (nSPS) is 21.6. The molecule has 3 N–H and O–H groups in total. The van der Waals surface area contributed by atoms with Crippen LogP contribution < -0.4 is 16.0 Å². The number of benzene rings is 2. The summed E-state index contributed by atoms with van der Waals surface area (Å²) in [5, 5.41) is 14.5. The van der Waals surface area contributed by atoms with Gasteiger partial charge in [-0.2, -0.15) is 5.10 Å². The summed E-state index contributed by atoms with van der Waals surface area (Å²) in [5.74, 6) is -1.37. The molecule has 0 radical (unpaired) electrons. The minimum absolute atomic E-state index is 0.144. The Labute approximate surface area is 221 Å². The molecule has 8 nitrogen and oxygen atoms in total. The lowest BCUT2D eigenvalue weighted by atomic mass is 9.94. The van der Waals surface area contributed by atoms with Gasteiger partial charge in [-0.3, -0.25) is 10.2 Å². The van der Waals surface area contributed by atoms with Crippen molar-refractivity contribution in [2.75, 3.05) is 45.2 Å². The van der Waals surface area contributed by atoms with E-state index < -0.39 is 11.6 Å². The van der Waals surface area contributed by atoms with Crippen LogP contribution in [0.15, 0.2) is 48.5 Å². The zero-order valence-corrected chi connectivity index (χ0v) is 21.7. The summed E-state index contributed by atoms with van der Waals surface area (Å²) in [5.41, 5.74) is 3.33. The summed E-state index contributed by atoms with van der Waals surface area (Å²) in [6.45, 7) is 5.29. The molecule has 202 valence electrons. The van der Waals surface area contributed by atoms with Gasteiger partial charge in [0.2, 0.25) is 0 Å². The van der Waals surface area contributed by atoms with Crippen LogP contribution in [0, 0.1) is 18.6 Å². The van der Waals surface area contributed by atoms with Crippen LogP contribution in [0.2, 0.25) is 0 Å². The van der Waals surface area contributed by atoms with E-state index in [-0.39, 0.29) is 24.0 Å². The second-order valence-electron chi connectivity index (χ2n) is 9.99. The number of para-hydroxylation sites is 1. The van der Waals surface area contributed by atoms with Gasteiger partial charge in [0.25, 0.3) is 0 Å². The second-order valence-corrected chi connectivity index (χ2v) is 9.99. The van der Waals surface area contributed by atoms with Gasteiger partial charge in [-0.1, -0.05) is 24.3 Å². The lowest BCUT2D eigenvalue weighted by molar-refractivity contribution is 0.159. The maximum atomic E-state index is 14.1. The predicted octanol–water partition coefficient (Wildman–Crippen LogP) is 4.12. The van der Waals surface area contributed by atoms with E-state index in [4.69, 9.17) is 9.84 Å². The number of methoxy groups -OCH3 is 1. The zero-order valence-electron chi connectivity index (χ0n) is 21.7. The molecule has 0 bridgehead atoms. The average Bonchev–Trinajstić information content (AvgIpc) is 3.65. The zero-order chi connectivity index (χ0) is 26.6. The summed E-state index contributed by atoms with van der Waals surface area (Å²) in [6, 6.07) is 13.1. The van der Waals surface area contributed by atoms with E-state index >= 15 is 0 Å². The van der Waals surface area contributed by atoms with Crippen LogP contribution in [0.5, 0.6) is 0 Å². The lowest BCUT2D eigenvalue weighted by Crippen LogP contribution is -2.42. The number of carbonyl (C=O) groups is 1. The second kappa shape index (κ2) is 11.6. The highest BCUT2D eigenvalue weighted by atomic mass is 19.2. The Balaban J connectivity index is 1.39. The van der Waals surface area contributed by atoms with Gasteiger partial charge in [0.05, 0.1) is 30.1 Å². The third kappa shape index (κ3) is 5.57. The van der Waals surface area contributed by atoms with E-state index in [1.54, 1.807) is 17.9 Å². The molecule has 3 atom stereocenters. The highest BCUT2D eigenvalue weighted by Gasteiger charge is 2.35. The summed E-state index contributed by atoms with van der Waals surface area (Å²) in [6.07, 6.45) is 2.08. The van der Waals surface area contributed by atoms with Crippen molar-refractivity contribution in [3.8, 4) is 5.69 Å². The molecule has 0 spiro atoms. The molecular weight excluding hydrogens is 490 g/mol. The molecule has 3 heterocycles. The summed E-state index contributed by atoms with van der Waals surface area (Å²) >= 11 is 0. The molecule has 2 aliphatic rings. The van der Waals surface area contributed by atoms with Crippen LogP contribution in [0.4, 0.5) is 19.4 Å².